The molecule has 0 aliphatic carbocycles. The van der Waals surface area contributed by atoms with Crippen LogP contribution in [-0.2, 0) is 0 Å². The highest BCUT2D eigenvalue weighted by atomic mass is 16.3. The summed E-state index contributed by atoms with van der Waals surface area (Å²) in [5.74, 6) is 1.55. The molecule has 0 aliphatic heterocycles. The topological polar surface area (TPSA) is 86.7 Å². The van der Waals surface area contributed by atoms with Gasteiger partial charge in [0.1, 0.15) is 11.6 Å². The number of imidazole rings is 1. The molecule has 3 aromatic rings. The van der Waals surface area contributed by atoms with Crippen molar-refractivity contribution >= 4 is 16.9 Å². The minimum Gasteiger partial charge on any atom is -0.395 e. The Hall–Kier alpha value is -2.47. The van der Waals surface area contributed by atoms with Crippen molar-refractivity contribution in [2.45, 2.75) is 6.92 Å². The summed E-state index contributed by atoms with van der Waals surface area (Å²) >= 11 is 0. The highest BCUT2D eigenvalue weighted by Crippen LogP contribution is 2.21. The lowest BCUT2D eigenvalue weighted by Crippen LogP contribution is -2.07. The summed E-state index contributed by atoms with van der Waals surface area (Å²) in [7, 11) is 0. The lowest BCUT2D eigenvalue weighted by atomic mass is 10.1. The molecule has 0 unspecified atom stereocenters. The molecule has 6 nitrogen and oxygen atoms in total. The molecule has 3 rings (SSSR count). The molecule has 0 amide bonds. The molecule has 0 saturated carbocycles. The maximum Gasteiger partial charge on any atom is 0.148 e. The third kappa shape index (κ3) is 2.46. The zero-order valence-corrected chi connectivity index (χ0v) is 11.1. The van der Waals surface area contributed by atoms with E-state index in [1.165, 1.54) is 0 Å². The number of hydrogen-bond donors (Lipinski definition) is 3. The first kappa shape index (κ1) is 12.6. The molecule has 6 heteroatoms. The zero-order valence-electron chi connectivity index (χ0n) is 11.1. The van der Waals surface area contributed by atoms with Crippen molar-refractivity contribution in [3.8, 4) is 11.3 Å². The molecule has 2 aromatic heterocycles. The van der Waals surface area contributed by atoms with E-state index in [4.69, 9.17) is 5.11 Å². The summed E-state index contributed by atoms with van der Waals surface area (Å²) in [5, 5.41) is 20.0. The van der Waals surface area contributed by atoms with Crippen molar-refractivity contribution in [1.29, 1.82) is 0 Å². The van der Waals surface area contributed by atoms with Crippen molar-refractivity contribution in [2.75, 3.05) is 18.5 Å². The van der Waals surface area contributed by atoms with E-state index in [9.17, 15) is 0 Å². The molecule has 0 fully saturated rings. The van der Waals surface area contributed by atoms with Crippen LogP contribution >= 0.6 is 0 Å². The zero-order chi connectivity index (χ0) is 13.9. The maximum atomic E-state index is 8.74. The molecule has 2 heterocycles. The number of nitrogens with zero attached hydrogens (tertiary/aromatic N) is 3. The summed E-state index contributed by atoms with van der Waals surface area (Å²) in [6, 6.07) is 9.71. The first-order valence-electron chi connectivity index (χ1n) is 6.41. The number of nitrogens with one attached hydrogen (secondary N) is 2. The lowest BCUT2D eigenvalue weighted by Gasteiger charge is -2.04. The van der Waals surface area contributed by atoms with E-state index >= 15 is 0 Å². The Balaban J connectivity index is 1.89. The van der Waals surface area contributed by atoms with Crippen LogP contribution in [0.15, 0.2) is 30.3 Å². The number of aliphatic hydroxyl groups is 1. The van der Waals surface area contributed by atoms with E-state index in [1.54, 1.807) is 0 Å². The second-order valence-electron chi connectivity index (χ2n) is 4.51. The Morgan fingerprint density at radius 2 is 2.10 bits per heavy atom. The molecule has 1 aromatic carbocycles. The SMILES string of the molecule is Cc1nc2ccc(-c3ccc(NCCO)nn3)cc2[nH]1. The van der Waals surface area contributed by atoms with Gasteiger partial charge in [0.05, 0.1) is 23.3 Å². The maximum absolute atomic E-state index is 8.74. The largest absolute Gasteiger partial charge is 0.395 e. The number of aryl methyl sites for hydroxylation is 1. The van der Waals surface area contributed by atoms with Gasteiger partial charge in [-0.05, 0) is 31.2 Å². The molecule has 0 bridgehead atoms. The van der Waals surface area contributed by atoms with E-state index in [1.807, 2.05) is 37.3 Å². The van der Waals surface area contributed by atoms with Crippen molar-refractivity contribution in [1.82, 2.24) is 20.2 Å². The number of fused-ring (bicyclic) bond motifs is 1. The standard InChI is InChI=1S/C14H15N5O/c1-9-16-12-3-2-10(8-13(12)17-9)11-4-5-14(19-18-11)15-6-7-20/h2-5,8,20H,6-7H2,1H3,(H,15,19)(H,16,17). The predicted molar refractivity (Wildman–Crippen MR) is 77.4 cm³/mol. The minimum absolute atomic E-state index is 0.0687. The Bertz CT molecular complexity index is 720. The molecular weight excluding hydrogens is 254 g/mol. The number of H-pyrrole nitrogens is 1. The van der Waals surface area contributed by atoms with E-state index < -0.39 is 0 Å². The summed E-state index contributed by atoms with van der Waals surface area (Å²) in [6.07, 6.45) is 0. The van der Waals surface area contributed by atoms with Gasteiger partial charge < -0.3 is 15.4 Å². The molecular formula is C14H15N5O. The van der Waals surface area contributed by atoms with Crippen molar-refractivity contribution in [2.24, 2.45) is 0 Å². The molecule has 0 aliphatic rings. The van der Waals surface area contributed by atoms with Gasteiger partial charge in [0.15, 0.2) is 0 Å². The Morgan fingerprint density at radius 3 is 2.85 bits per heavy atom. The summed E-state index contributed by atoms with van der Waals surface area (Å²) in [6.45, 7) is 2.47. The van der Waals surface area contributed by atoms with Crippen LogP contribution in [0.3, 0.4) is 0 Å². The molecule has 20 heavy (non-hydrogen) atoms. The van der Waals surface area contributed by atoms with Gasteiger partial charge in [-0.3, -0.25) is 0 Å². The molecule has 0 spiro atoms. The molecule has 0 radical (unpaired) electrons. The second-order valence-corrected chi connectivity index (χ2v) is 4.51. The summed E-state index contributed by atoms with van der Waals surface area (Å²) < 4.78 is 0. The van der Waals surface area contributed by atoms with Gasteiger partial charge in [-0.25, -0.2) is 4.98 Å². The first-order chi connectivity index (χ1) is 9.76. The number of benzene rings is 1. The monoisotopic (exact) mass is 269 g/mol. The summed E-state index contributed by atoms with van der Waals surface area (Å²) in [5.41, 5.74) is 3.72. The van der Waals surface area contributed by atoms with E-state index in [0.717, 1.165) is 28.1 Å². The van der Waals surface area contributed by atoms with Crippen LogP contribution in [0, 0.1) is 6.92 Å². The number of anilines is 1. The number of aliphatic hydroxyl groups excluding tert-OH is 1. The summed E-state index contributed by atoms with van der Waals surface area (Å²) in [4.78, 5) is 7.58. The number of aromatic amines is 1. The molecule has 0 atom stereocenters. The predicted octanol–water partition coefficient (Wildman–Crippen LogP) is 1.73. The van der Waals surface area contributed by atoms with Gasteiger partial charge in [0.2, 0.25) is 0 Å². The Morgan fingerprint density at radius 1 is 1.20 bits per heavy atom. The smallest absolute Gasteiger partial charge is 0.148 e. The highest BCUT2D eigenvalue weighted by Gasteiger charge is 2.05. The normalized spacial score (nSPS) is 10.9. The van der Waals surface area contributed by atoms with Crippen LogP contribution in [-0.4, -0.2) is 38.4 Å². The first-order valence-corrected chi connectivity index (χ1v) is 6.41. The van der Waals surface area contributed by atoms with Crippen LogP contribution in [0.1, 0.15) is 5.82 Å². The van der Waals surface area contributed by atoms with Crippen LogP contribution < -0.4 is 5.32 Å². The second kappa shape index (κ2) is 5.26. The van der Waals surface area contributed by atoms with E-state index in [2.05, 4.69) is 25.5 Å². The molecule has 102 valence electrons. The van der Waals surface area contributed by atoms with Crippen LogP contribution in [0.2, 0.25) is 0 Å². The van der Waals surface area contributed by atoms with Gasteiger partial charge in [0.25, 0.3) is 0 Å². The third-order valence-electron chi connectivity index (χ3n) is 2.98. The third-order valence-corrected chi connectivity index (χ3v) is 2.98. The fraction of sp³-hybridized carbons (Fsp3) is 0.214. The quantitative estimate of drug-likeness (QED) is 0.671. The van der Waals surface area contributed by atoms with Crippen molar-refractivity contribution in [3.63, 3.8) is 0 Å². The van der Waals surface area contributed by atoms with Crippen LogP contribution in [0.5, 0.6) is 0 Å². The minimum atomic E-state index is 0.0687. The average molecular weight is 269 g/mol. The Kier molecular flexibility index (Phi) is 3.30. The fourth-order valence-corrected chi connectivity index (χ4v) is 2.06. The van der Waals surface area contributed by atoms with Gasteiger partial charge in [-0.2, -0.15) is 0 Å². The van der Waals surface area contributed by atoms with E-state index in [0.29, 0.717) is 12.4 Å². The average Bonchev–Trinajstić information content (AvgIpc) is 2.84. The Labute approximate surface area is 115 Å². The van der Waals surface area contributed by atoms with Crippen LogP contribution in [0.25, 0.3) is 22.3 Å². The number of rotatable bonds is 4. The van der Waals surface area contributed by atoms with E-state index in [-0.39, 0.29) is 6.61 Å². The number of aromatic nitrogens is 4. The van der Waals surface area contributed by atoms with Gasteiger partial charge >= 0.3 is 0 Å². The highest BCUT2D eigenvalue weighted by molar-refractivity contribution is 5.81. The van der Waals surface area contributed by atoms with Crippen molar-refractivity contribution in [3.05, 3.63) is 36.2 Å². The van der Waals surface area contributed by atoms with Gasteiger partial charge in [-0.15, -0.1) is 10.2 Å². The number of hydrogen-bond acceptors (Lipinski definition) is 5. The van der Waals surface area contributed by atoms with Gasteiger partial charge in [-0.1, -0.05) is 6.07 Å². The van der Waals surface area contributed by atoms with Gasteiger partial charge in [0, 0.05) is 12.1 Å². The molecule has 3 N–H and O–H groups in total. The molecule has 0 saturated heterocycles. The lowest BCUT2D eigenvalue weighted by molar-refractivity contribution is 0.311. The fourth-order valence-electron chi connectivity index (χ4n) is 2.06. The van der Waals surface area contributed by atoms with Crippen molar-refractivity contribution < 1.29 is 5.11 Å². The van der Waals surface area contributed by atoms with Crippen LogP contribution in [0.4, 0.5) is 5.82 Å².